The molecule has 0 saturated heterocycles. The lowest BCUT2D eigenvalue weighted by Crippen LogP contribution is -2.18. The van der Waals surface area contributed by atoms with Crippen LogP contribution in [0.15, 0.2) is 0 Å². The summed E-state index contributed by atoms with van der Waals surface area (Å²) < 4.78 is 4.76. The van der Waals surface area contributed by atoms with Crippen molar-refractivity contribution < 1.29 is 19.7 Å². The largest absolute Gasteiger partial charge is 0.480 e. The quantitative estimate of drug-likeness (QED) is 0.557. The summed E-state index contributed by atoms with van der Waals surface area (Å²) in [6, 6.07) is 0. The number of carboxylic acid groups (broad SMARTS) is 1. The molecule has 4 nitrogen and oxygen atoms in total. The van der Waals surface area contributed by atoms with E-state index in [0.29, 0.717) is 6.42 Å². The lowest BCUT2D eigenvalue weighted by molar-refractivity contribution is -0.143. The summed E-state index contributed by atoms with van der Waals surface area (Å²) in [6.45, 7) is 1.93. The molecule has 0 aromatic heterocycles. The molecule has 1 atom stereocenters. The van der Waals surface area contributed by atoms with Gasteiger partial charge < -0.3 is 14.9 Å². The van der Waals surface area contributed by atoms with Gasteiger partial charge in [0.05, 0.1) is 12.7 Å². The molecule has 0 aliphatic rings. The van der Waals surface area contributed by atoms with Crippen LogP contribution in [0.2, 0.25) is 0 Å². The molecule has 0 aliphatic carbocycles. The van der Waals surface area contributed by atoms with Crippen molar-refractivity contribution in [3.8, 4) is 0 Å². The summed E-state index contributed by atoms with van der Waals surface area (Å²) in [4.78, 5) is 10.1. The average molecular weight is 204 g/mol. The van der Waals surface area contributed by atoms with E-state index in [9.17, 15) is 9.90 Å². The Hall–Kier alpha value is -0.610. The van der Waals surface area contributed by atoms with Crippen LogP contribution < -0.4 is 0 Å². The smallest absolute Gasteiger partial charge is 0.329 e. The molecule has 0 aliphatic heterocycles. The number of hydrogen-bond acceptors (Lipinski definition) is 3. The zero-order valence-corrected chi connectivity index (χ0v) is 8.74. The van der Waals surface area contributed by atoms with Crippen molar-refractivity contribution in [1.82, 2.24) is 0 Å². The van der Waals surface area contributed by atoms with Crippen molar-refractivity contribution in [1.29, 1.82) is 0 Å². The zero-order valence-electron chi connectivity index (χ0n) is 8.74. The minimum Gasteiger partial charge on any atom is -0.480 e. The van der Waals surface area contributed by atoms with Gasteiger partial charge in [-0.2, -0.15) is 0 Å². The van der Waals surface area contributed by atoms with Crippen LogP contribution in [0.1, 0.15) is 39.0 Å². The minimum absolute atomic E-state index is 0.123. The van der Waals surface area contributed by atoms with Crippen molar-refractivity contribution in [2.45, 2.75) is 45.1 Å². The molecule has 4 heteroatoms. The second-order valence-electron chi connectivity index (χ2n) is 3.41. The molecule has 0 aromatic carbocycles. The third kappa shape index (κ3) is 9.48. The first-order valence-corrected chi connectivity index (χ1v) is 5.14. The highest BCUT2D eigenvalue weighted by atomic mass is 16.5. The second-order valence-corrected chi connectivity index (χ2v) is 3.41. The average Bonchev–Trinajstić information content (AvgIpc) is 2.12. The molecule has 0 amide bonds. The number of carbonyl (C=O) groups is 1. The summed E-state index contributed by atoms with van der Waals surface area (Å²) in [7, 11) is 0. The number of ether oxygens (including phenoxy) is 1. The Morgan fingerprint density at radius 1 is 1.36 bits per heavy atom. The van der Waals surface area contributed by atoms with Crippen LogP contribution in [0.5, 0.6) is 0 Å². The van der Waals surface area contributed by atoms with E-state index >= 15 is 0 Å². The number of carboxylic acids is 1. The highest BCUT2D eigenvalue weighted by molar-refractivity contribution is 5.67. The van der Waals surface area contributed by atoms with E-state index in [4.69, 9.17) is 9.84 Å². The summed E-state index contributed by atoms with van der Waals surface area (Å²) in [5.41, 5.74) is 0. The summed E-state index contributed by atoms with van der Waals surface area (Å²) in [5, 5.41) is 17.6. The fourth-order valence-electron chi connectivity index (χ4n) is 1.17. The Kier molecular flexibility index (Phi) is 8.57. The Balaban J connectivity index is 3.19. The second kappa shape index (κ2) is 8.97. The lowest BCUT2D eigenvalue weighted by Gasteiger charge is -2.09. The van der Waals surface area contributed by atoms with Crippen LogP contribution in [-0.2, 0) is 9.53 Å². The predicted octanol–water partition coefficient (Wildman–Crippen LogP) is 1.42. The first-order valence-electron chi connectivity index (χ1n) is 5.14. The van der Waals surface area contributed by atoms with E-state index in [1.54, 1.807) is 0 Å². The lowest BCUT2D eigenvalue weighted by atomic mass is 10.1. The molecular formula is C10H20O4. The summed E-state index contributed by atoms with van der Waals surface area (Å²) >= 11 is 0. The summed E-state index contributed by atoms with van der Waals surface area (Å²) in [5.74, 6) is -0.997. The van der Waals surface area contributed by atoms with E-state index in [1.165, 1.54) is 12.8 Å². The van der Waals surface area contributed by atoms with Gasteiger partial charge in [-0.25, -0.2) is 4.79 Å². The monoisotopic (exact) mass is 204 g/mol. The number of unbranched alkanes of at least 4 members (excludes halogenated alkanes) is 3. The molecule has 0 bridgehead atoms. The third-order valence-corrected chi connectivity index (χ3v) is 1.93. The van der Waals surface area contributed by atoms with E-state index in [0.717, 1.165) is 12.8 Å². The maximum atomic E-state index is 10.1. The SMILES string of the molecule is CCCCCCC(O)COCC(=O)O. The zero-order chi connectivity index (χ0) is 10.8. The third-order valence-electron chi connectivity index (χ3n) is 1.93. The van der Waals surface area contributed by atoms with Gasteiger partial charge in [0.15, 0.2) is 0 Å². The fraction of sp³-hybridized carbons (Fsp3) is 0.900. The number of aliphatic carboxylic acids is 1. The number of aliphatic hydroxyl groups excluding tert-OH is 1. The van der Waals surface area contributed by atoms with Crippen molar-refractivity contribution >= 4 is 5.97 Å². The number of rotatable bonds is 9. The Morgan fingerprint density at radius 2 is 2.07 bits per heavy atom. The predicted molar refractivity (Wildman–Crippen MR) is 53.2 cm³/mol. The fourth-order valence-corrected chi connectivity index (χ4v) is 1.17. The van der Waals surface area contributed by atoms with Gasteiger partial charge in [-0.1, -0.05) is 32.6 Å². The van der Waals surface area contributed by atoms with Gasteiger partial charge in [-0.15, -0.1) is 0 Å². The van der Waals surface area contributed by atoms with Gasteiger partial charge in [0.1, 0.15) is 6.61 Å². The molecule has 1 unspecified atom stereocenters. The Morgan fingerprint density at radius 3 is 2.64 bits per heavy atom. The van der Waals surface area contributed by atoms with Crippen LogP contribution in [-0.4, -0.2) is 35.5 Å². The van der Waals surface area contributed by atoms with Gasteiger partial charge in [0, 0.05) is 0 Å². The first kappa shape index (κ1) is 13.4. The van der Waals surface area contributed by atoms with E-state index in [2.05, 4.69) is 6.92 Å². The molecular weight excluding hydrogens is 184 g/mol. The standard InChI is InChI=1S/C10H20O4/c1-2-3-4-5-6-9(11)7-14-8-10(12)13/h9,11H,2-8H2,1H3,(H,12,13). The number of hydrogen-bond donors (Lipinski definition) is 2. The molecule has 0 rings (SSSR count). The van der Waals surface area contributed by atoms with Crippen molar-refractivity contribution in [2.75, 3.05) is 13.2 Å². The van der Waals surface area contributed by atoms with Crippen molar-refractivity contribution in [3.63, 3.8) is 0 Å². The summed E-state index contributed by atoms with van der Waals surface area (Å²) in [6.07, 6.45) is 4.62. The highest BCUT2D eigenvalue weighted by Crippen LogP contribution is 2.05. The van der Waals surface area contributed by atoms with Gasteiger partial charge in [-0.3, -0.25) is 0 Å². The van der Waals surface area contributed by atoms with Gasteiger partial charge in [0.2, 0.25) is 0 Å². The molecule has 0 radical (unpaired) electrons. The highest BCUT2D eigenvalue weighted by Gasteiger charge is 2.05. The van der Waals surface area contributed by atoms with Crippen LogP contribution in [0.4, 0.5) is 0 Å². The molecule has 0 saturated carbocycles. The van der Waals surface area contributed by atoms with Crippen LogP contribution in [0, 0.1) is 0 Å². The Labute approximate surface area is 84.9 Å². The first-order chi connectivity index (χ1) is 6.66. The Bertz CT molecular complexity index is 147. The van der Waals surface area contributed by atoms with E-state index in [1.807, 2.05) is 0 Å². The van der Waals surface area contributed by atoms with Crippen LogP contribution in [0.25, 0.3) is 0 Å². The topological polar surface area (TPSA) is 66.8 Å². The maximum absolute atomic E-state index is 10.1. The van der Waals surface area contributed by atoms with Crippen molar-refractivity contribution in [3.05, 3.63) is 0 Å². The van der Waals surface area contributed by atoms with E-state index in [-0.39, 0.29) is 13.2 Å². The van der Waals surface area contributed by atoms with E-state index < -0.39 is 12.1 Å². The number of aliphatic hydroxyl groups is 1. The van der Waals surface area contributed by atoms with Crippen LogP contribution >= 0.6 is 0 Å². The van der Waals surface area contributed by atoms with Gasteiger partial charge >= 0.3 is 5.97 Å². The van der Waals surface area contributed by atoms with Crippen LogP contribution in [0.3, 0.4) is 0 Å². The normalized spacial score (nSPS) is 12.7. The maximum Gasteiger partial charge on any atom is 0.329 e. The molecule has 0 aromatic rings. The van der Waals surface area contributed by atoms with Crippen molar-refractivity contribution in [2.24, 2.45) is 0 Å². The molecule has 84 valence electrons. The molecule has 0 spiro atoms. The van der Waals surface area contributed by atoms with Gasteiger partial charge in [0.25, 0.3) is 0 Å². The molecule has 14 heavy (non-hydrogen) atoms. The van der Waals surface area contributed by atoms with Gasteiger partial charge in [-0.05, 0) is 6.42 Å². The molecule has 0 fully saturated rings. The minimum atomic E-state index is -0.997. The molecule has 2 N–H and O–H groups in total. The molecule has 0 heterocycles.